The number of aromatic nitrogens is 2. The molecule has 1 aromatic carbocycles. The molecule has 1 saturated heterocycles. The van der Waals surface area contributed by atoms with Crippen LogP contribution in [0.1, 0.15) is 35.9 Å². The Labute approximate surface area is 144 Å². The van der Waals surface area contributed by atoms with Crippen molar-refractivity contribution in [1.82, 2.24) is 14.7 Å². The van der Waals surface area contributed by atoms with Gasteiger partial charge in [0.1, 0.15) is 5.82 Å². The largest absolute Gasteiger partial charge is 0.481 e. The first kappa shape index (κ1) is 17.1. The van der Waals surface area contributed by atoms with Crippen LogP contribution in [0.5, 0.6) is 0 Å². The molecule has 7 heteroatoms. The standard InChI is InChI=1S/C18H20FN3O3/c1-11-3-4-13(18(24)25)10-21(11)17(23)16-9-12(2)22(20-16)15-7-5-14(19)6-8-15/h5-9,11,13H,3-4,10H2,1-2H3,(H,24,25). The fourth-order valence-corrected chi connectivity index (χ4v) is 3.16. The Morgan fingerprint density at radius 1 is 1.24 bits per heavy atom. The maximum atomic E-state index is 13.1. The SMILES string of the molecule is Cc1cc(C(=O)N2CC(C(=O)O)CCC2C)nn1-c1ccc(F)cc1. The number of hydrogen-bond acceptors (Lipinski definition) is 3. The smallest absolute Gasteiger partial charge is 0.308 e. The van der Waals surface area contributed by atoms with Gasteiger partial charge in [-0.3, -0.25) is 9.59 Å². The van der Waals surface area contributed by atoms with E-state index in [1.54, 1.807) is 27.8 Å². The Kier molecular flexibility index (Phi) is 4.57. The van der Waals surface area contributed by atoms with Crippen LogP contribution in [-0.2, 0) is 4.79 Å². The van der Waals surface area contributed by atoms with Crippen LogP contribution in [0, 0.1) is 18.7 Å². The summed E-state index contributed by atoms with van der Waals surface area (Å²) in [4.78, 5) is 25.7. The second-order valence-electron chi connectivity index (χ2n) is 6.48. The number of carbonyl (C=O) groups is 2. The van der Waals surface area contributed by atoms with Crippen LogP contribution in [0.4, 0.5) is 4.39 Å². The van der Waals surface area contributed by atoms with E-state index in [2.05, 4.69) is 5.10 Å². The average molecular weight is 345 g/mol. The topological polar surface area (TPSA) is 75.4 Å². The van der Waals surface area contributed by atoms with Crippen molar-refractivity contribution in [1.29, 1.82) is 0 Å². The Bertz CT molecular complexity index is 800. The highest BCUT2D eigenvalue weighted by Gasteiger charge is 2.34. The summed E-state index contributed by atoms with van der Waals surface area (Å²) in [7, 11) is 0. The zero-order valence-electron chi connectivity index (χ0n) is 14.1. The van der Waals surface area contributed by atoms with Gasteiger partial charge in [0.05, 0.1) is 11.6 Å². The Morgan fingerprint density at radius 3 is 2.56 bits per heavy atom. The third-order valence-electron chi connectivity index (χ3n) is 4.67. The molecule has 2 aromatic rings. The van der Waals surface area contributed by atoms with E-state index in [4.69, 9.17) is 0 Å². The van der Waals surface area contributed by atoms with Crippen molar-refractivity contribution in [3.63, 3.8) is 0 Å². The van der Waals surface area contributed by atoms with Gasteiger partial charge >= 0.3 is 5.97 Å². The third kappa shape index (κ3) is 3.40. The van der Waals surface area contributed by atoms with E-state index >= 15 is 0 Å². The number of aliphatic carboxylic acids is 1. The van der Waals surface area contributed by atoms with E-state index in [1.165, 1.54) is 12.1 Å². The monoisotopic (exact) mass is 345 g/mol. The molecule has 3 rings (SSSR count). The van der Waals surface area contributed by atoms with Gasteiger partial charge in [0.15, 0.2) is 5.69 Å². The molecule has 0 radical (unpaired) electrons. The average Bonchev–Trinajstić information content (AvgIpc) is 2.97. The van der Waals surface area contributed by atoms with E-state index in [9.17, 15) is 19.1 Å². The number of hydrogen-bond donors (Lipinski definition) is 1. The van der Waals surface area contributed by atoms with Crippen LogP contribution in [-0.4, -0.2) is 44.3 Å². The first-order valence-electron chi connectivity index (χ1n) is 8.23. The lowest BCUT2D eigenvalue weighted by atomic mass is 9.93. The molecule has 1 N–H and O–H groups in total. The van der Waals surface area contributed by atoms with Gasteiger partial charge in [-0.1, -0.05) is 0 Å². The molecule has 1 aliphatic rings. The Hall–Kier alpha value is -2.70. The van der Waals surface area contributed by atoms with Crippen molar-refractivity contribution in [2.24, 2.45) is 5.92 Å². The minimum absolute atomic E-state index is 0.0284. The highest BCUT2D eigenvalue weighted by Crippen LogP contribution is 2.24. The number of piperidine rings is 1. The van der Waals surface area contributed by atoms with Gasteiger partial charge in [-0.05, 0) is 57.0 Å². The Morgan fingerprint density at radius 2 is 1.92 bits per heavy atom. The minimum atomic E-state index is -0.877. The van der Waals surface area contributed by atoms with Gasteiger partial charge in [-0.2, -0.15) is 5.10 Å². The molecule has 0 bridgehead atoms. The highest BCUT2D eigenvalue weighted by atomic mass is 19.1. The number of halogens is 1. The number of carbonyl (C=O) groups excluding carboxylic acids is 1. The van der Waals surface area contributed by atoms with Gasteiger partial charge in [-0.15, -0.1) is 0 Å². The van der Waals surface area contributed by atoms with Crippen LogP contribution >= 0.6 is 0 Å². The zero-order chi connectivity index (χ0) is 18.1. The second kappa shape index (κ2) is 6.66. The summed E-state index contributed by atoms with van der Waals surface area (Å²) >= 11 is 0. The van der Waals surface area contributed by atoms with Crippen LogP contribution in [0.3, 0.4) is 0 Å². The predicted molar refractivity (Wildman–Crippen MR) is 89.1 cm³/mol. The fourth-order valence-electron chi connectivity index (χ4n) is 3.16. The molecular formula is C18H20FN3O3. The lowest BCUT2D eigenvalue weighted by Gasteiger charge is -2.36. The first-order valence-corrected chi connectivity index (χ1v) is 8.23. The third-order valence-corrected chi connectivity index (χ3v) is 4.67. The molecule has 6 nitrogen and oxygen atoms in total. The molecule has 1 aromatic heterocycles. The quantitative estimate of drug-likeness (QED) is 0.928. The van der Waals surface area contributed by atoms with Crippen molar-refractivity contribution in [3.05, 3.63) is 47.5 Å². The van der Waals surface area contributed by atoms with Crippen LogP contribution in [0.2, 0.25) is 0 Å². The number of amides is 1. The van der Waals surface area contributed by atoms with Gasteiger partial charge < -0.3 is 10.0 Å². The normalized spacial score (nSPS) is 20.5. The predicted octanol–water partition coefficient (Wildman–Crippen LogP) is 2.65. The fraction of sp³-hybridized carbons (Fsp3) is 0.389. The molecule has 1 amide bonds. The number of carboxylic acid groups (broad SMARTS) is 1. The summed E-state index contributed by atoms with van der Waals surface area (Å²) in [5.41, 5.74) is 1.67. The van der Waals surface area contributed by atoms with Crippen LogP contribution in [0.25, 0.3) is 5.69 Å². The van der Waals surface area contributed by atoms with Crippen molar-refractivity contribution in [2.45, 2.75) is 32.7 Å². The van der Waals surface area contributed by atoms with Crippen molar-refractivity contribution in [2.75, 3.05) is 6.54 Å². The number of nitrogens with zero attached hydrogens (tertiary/aromatic N) is 3. The van der Waals surface area contributed by atoms with Gasteiger partial charge in [0.2, 0.25) is 0 Å². The summed E-state index contributed by atoms with van der Waals surface area (Å²) in [6.45, 7) is 3.92. The molecule has 1 aliphatic heterocycles. The lowest BCUT2D eigenvalue weighted by molar-refractivity contribution is -0.143. The molecule has 1 fully saturated rings. The molecular weight excluding hydrogens is 325 g/mol. The lowest BCUT2D eigenvalue weighted by Crippen LogP contribution is -2.47. The van der Waals surface area contributed by atoms with Gasteiger partial charge in [0.25, 0.3) is 5.91 Å². The molecule has 2 unspecified atom stereocenters. The number of rotatable bonds is 3. The highest BCUT2D eigenvalue weighted by molar-refractivity contribution is 5.93. The summed E-state index contributed by atoms with van der Waals surface area (Å²) in [5, 5.41) is 13.6. The molecule has 2 atom stereocenters. The molecule has 132 valence electrons. The number of likely N-dealkylation sites (tertiary alicyclic amines) is 1. The van der Waals surface area contributed by atoms with Gasteiger partial charge in [-0.25, -0.2) is 9.07 Å². The molecule has 0 spiro atoms. The zero-order valence-corrected chi connectivity index (χ0v) is 14.1. The Balaban J connectivity index is 1.86. The van der Waals surface area contributed by atoms with Crippen molar-refractivity contribution >= 4 is 11.9 Å². The first-order chi connectivity index (χ1) is 11.9. The van der Waals surface area contributed by atoms with Crippen molar-refractivity contribution < 1.29 is 19.1 Å². The number of aryl methyl sites for hydroxylation is 1. The molecule has 25 heavy (non-hydrogen) atoms. The maximum absolute atomic E-state index is 13.1. The van der Waals surface area contributed by atoms with E-state index in [0.29, 0.717) is 18.5 Å². The summed E-state index contributed by atoms with van der Waals surface area (Å²) in [6.07, 6.45) is 1.23. The molecule has 0 saturated carbocycles. The summed E-state index contributed by atoms with van der Waals surface area (Å²) < 4.78 is 14.7. The molecule has 2 heterocycles. The summed E-state index contributed by atoms with van der Waals surface area (Å²) in [5.74, 6) is -2.03. The van der Waals surface area contributed by atoms with Gasteiger partial charge in [0, 0.05) is 18.3 Å². The van der Waals surface area contributed by atoms with Crippen LogP contribution < -0.4 is 0 Å². The minimum Gasteiger partial charge on any atom is -0.481 e. The maximum Gasteiger partial charge on any atom is 0.308 e. The molecule has 0 aliphatic carbocycles. The van der Waals surface area contributed by atoms with E-state index in [1.807, 2.05) is 13.8 Å². The van der Waals surface area contributed by atoms with E-state index in [-0.39, 0.29) is 30.0 Å². The second-order valence-corrected chi connectivity index (χ2v) is 6.48. The van der Waals surface area contributed by atoms with Crippen LogP contribution in [0.15, 0.2) is 30.3 Å². The van der Waals surface area contributed by atoms with Crippen molar-refractivity contribution in [3.8, 4) is 5.69 Å². The van der Waals surface area contributed by atoms with E-state index in [0.717, 1.165) is 5.69 Å². The van der Waals surface area contributed by atoms with E-state index < -0.39 is 11.9 Å². The summed E-state index contributed by atoms with van der Waals surface area (Å²) in [6, 6.07) is 7.49. The number of carboxylic acids is 1. The number of benzene rings is 1.